The van der Waals surface area contributed by atoms with Crippen molar-refractivity contribution >= 4 is 40.7 Å². The summed E-state index contributed by atoms with van der Waals surface area (Å²) in [7, 11) is 1.68. The lowest BCUT2D eigenvalue weighted by Crippen LogP contribution is -2.65. The van der Waals surface area contributed by atoms with Gasteiger partial charge in [-0.05, 0) is 31.0 Å². The van der Waals surface area contributed by atoms with Crippen LogP contribution in [0.15, 0.2) is 35.5 Å². The second kappa shape index (κ2) is 9.56. The minimum absolute atomic E-state index is 0.0850. The van der Waals surface area contributed by atoms with E-state index >= 15 is 0 Å². The SMILES string of the molecule is Cc1cnc(CCC2=NC3C(C(=O)N(CCCO)C(=O)N3C)N2Cc2ccc(Cl)cc2)s1. The first-order valence-corrected chi connectivity index (χ1v) is 11.8. The van der Waals surface area contributed by atoms with Crippen molar-refractivity contribution in [3.05, 3.63) is 50.9 Å². The maximum Gasteiger partial charge on any atom is 0.328 e. The van der Waals surface area contributed by atoms with E-state index in [1.54, 1.807) is 18.4 Å². The van der Waals surface area contributed by atoms with Gasteiger partial charge < -0.3 is 14.9 Å². The summed E-state index contributed by atoms with van der Waals surface area (Å²) in [6.07, 6.45) is 2.97. The molecule has 1 aromatic carbocycles. The predicted octanol–water partition coefficient (Wildman–Crippen LogP) is 2.92. The lowest BCUT2D eigenvalue weighted by atomic mass is 10.1. The third kappa shape index (κ3) is 4.51. The van der Waals surface area contributed by atoms with E-state index < -0.39 is 12.2 Å². The number of amidine groups is 1. The number of rotatable bonds is 8. The van der Waals surface area contributed by atoms with Gasteiger partial charge in [0.2, 0.25) is 0 Å². The highest BCUT2D eigenvalue weighted by molar-refractivity contribution is 7.11. The van der Waals surface area contributed by atoms with Crippen LogP contribution in [0.1, 0.15) is 28.3 Å². The summed E-state index contributed by atoms with van der Waals surface area (Å²) in [6.45, 7) is 2.61. The number of urea groups is 1. The number of nitrogens with zero attached hydrogens (tertiary/aromatic N) is 5. The first-order chi connectivity index (χ1) is 15.4. The normalized spacial score (nSPS) is 20.8. The van der Waals surface area contributed by atoms with E-state index in [0.29, 0.717) is 30.8 Å². The molecule has 3 amide bonds. The fourth-order valence-electron chi connectivity index (χ4n) is 4.09. The number of aliphatic hydroxyl groups excluding tert-OH is 1. The molecule has 0 saturated carbocycles. The molecule has 2 aliphatic heterocycles. The lowest BCUT2D eigenvalue weighted by Gasteiger charge is -2.41. The predicted molar refractivity (Wildman–Crippen MR) is 124 cm³/mol. The number of thiazole rings is 1. The maximum absolute atomic E-state index is 13.4. The molecule has 2 aliphatic rings. The summed E-state index contributed by atoms with van der Waals surface area (Å²) in [6, 6.07) is 6.54. The maximum atomic E-state index is 13.4. The number of hydrogen-bond acceptors (Lipinski definition) is 7. The molecule has 2 aromatic rings. The van der Waals surface area contributed by atoms with E-state index in [1.807, 2.05) is 42.3 Å². The van der Waals surface area contributed by atoms with E-state index in [-0.39, 0.29) is 25.1 Å². The van der Waals surface area contributed by atoms with Crippen molar-refractivity contribution < 1.29 is 14.7 Å². The number of likely N-dealkylation sites (N-methyl/N-ethyl adjacent to an activating group) is 1. The third-order valence-electron chi connectivity index (χ3n) is 5.72. The monoisotopic (exact) mass is 475 g/mol. The molecule has 3 heterocycles. The summed E-state index contributed by atoms with van der Waals surface area (Å²) in [5.41, 5.74) is 1.00. The number of aryl methyl sites for hydroxylation is 2. The van der Waals surface area contributed by atoms with E-state index in [4.69, 9.17) is 16.6 Å². The Bertz CT molecular complexity index is 1020. The molecule has 8 nitrogen and oxygen atoms in total. The van der Waals surface area contributed by atoms with Crippen LogP contribution in [0.5, 0.6) is 0 Å². The fourth-order valence-corrected chi connectivity index (χ4v) is 5.00. The number of aliphatic imine (C=N–C) groups is 1. The van der Waals surface area contributed by atoms with Crippen LogP contribution in [-0.2, 0) is 17.8 Å². The standard InChI is InChI=1S/C22H26ClN5O3S/c1-14-12-24-18(32-14)9-8-17-25-20-19(28(17)13-15-4-6-16(23)7-5-15)21(30)27(10-3-11-29)22(31)26(20)2/h4-7,12,19-20,29H,3,8-11,13H2,1-2H3. The second-order valence-corrected chi connectivity index (χ2v) is 9.74. The number of fused-ring (bicyclic) bond motifs is 1. The Morgan fingerprint density at radius 1 is 1.19 bits per heavy atom. The number of imide groups is 1. The van der Waals surface area contributed by atoms with Gasteiger partial charge in [-0.2, -0.15) is 0 Å². The number of carbonyl (C=O) groups is 2. The zero-order chi connectivity index (χ0) is 22.8. The van der Waals surface area contributed by atoms with Crippen molar-refractivity contribution in [2.24, 2.45) is 4.99 Å². The van der Waals surface area contributed by atoms with Crippen LogP contribution in [0.4, 0.5) is 4.79 Å². The average Bonchev–Trinajstić information content (AvgIpc) is 3.36. The molecule has 0 radical (unpaired) electrons. The molecule has 0 aliphatic carbocycles. The van der Waals surface area contributed by atoms with Gasteiger partial charge in [-0.15, -0.1) is 11.3 Å². The van der Waals surface area contributed by atoms with E-state index in [1.165, 1.54) is 9.80 Å². The number of hydrogen-bond donors (Lipinski definition) is 1. The molecule has 2 unspecified atom stereocenters. The molecule has 0 bridgehead atoms. The average molecular weight is 476 g/mol. The third-order valence-corrected chi connectivity index (χ3v) is 6.94. The highest BCUT2D eigenvalue weighted by Gasteiger charge is 2.51. The Hall–Kier alpha value is -2.49. The fraction of sp³-hybridized carbons (Fsp3) is 0.455. The van der Waals surface area contributed by atoms with Crippen LogP contribution < -0.4 is 0 Å². The molecule has 1 fully saturated rings. The largest absolute Gasteiger partial charge is 0.396 e. The highest BCUT2D eigenvalue weighted by Crippen LogP contribution is 2.31. The number of carbonyl (C=O) groups excluding carboxylic acids is 2. The van der Waals surface area contributed by atoms with Gasteiger partial charge in [0.15, 0.2) is 12.2 Å². The molecule has 32 heavy (non-hydrogen) atoms. The second-order valence-electron chi connectivity index (χ2n) is 7.98. The Labute approximate surface area is 196 Å². The van der Waals surface area contributed by atoms with Gasteiger partial charge in [-0.1, -0.05) is 23.7 Å². The van der Waals surface area contributed by atoms with Gasteiger partial charge in [0.1, 0.15) is 5.84 Å². The molecule has 1 saturated heterocycles. The molecule has 1 aromatic heterocycles. The van der Waals surface area contributed by atoms with Gasteiger partial charge in [-0.3, -0.25) is 9.69 Å². The number of amides is 3. The minimum Gasteiger partial charge on any atom is -0.396 e. The number of aromatic nitrogens is 1. The van der Waals surface area contributed by atoms with Gasteiger partial charge in [-0.25, -0.2) is 14.8 Å². The topological polar surface area (TPSA) is 89.3 Å². The van der Waals surface area contributed by atoms with Crippen molar-refractivity contribution in [2.45, 2.75) is 44.9 Å². The molecule has 2 atom stereocenters. The molecule has 170 valence electrons. The summed E-state index contributed by atoms with van der Waals surface area (Å²) in [5, 5.41) is 10.9. The smallest absolute Gasteiger partial charge is 0.328 e. The Morgan fingerprint density at radius 3 is 2.59 bits per heavy atom. The summed E-state index contributed by atoms with van der Waals surface area (Å²) in [4.78, 5) is 41.4. The van der Waals surface area contributed by atoms with Gasteiger partial charge in [0.25, 0.3) is 5.91 Å². The highest BCUT2D eigenvalue weighted by atomic mass is 35.5. The number of halogens is 1. The zero-order valence-electron chi connectivity index (χ0n) is 18.1. The van der Waals surface area contributed by atoms with Crippen molar-refractivity contribution in [3.8, 4) is 0 Å². The van der Waals surface area contributed by atoms with Crippen molar-refractivity contribution in [1.82, 2.24) is 19.7 Å². The molecule has 1 N–H and O–H groups in total. The minimum atomic E-state index is -0.597. The first-order valence-electron chi connectivity index (χ1n) is 10.6. The van der Waals surface area contributed by atoms with Crippen LogP contribution in [0, 0.1) is 6.92 Å². The summed E-state index contributed by atoms with van der Waals surface area (Å²) < 4.78 is 0. The van der Waals surface area contributed by atoms with Crippen LogP contribution in [0.3, 0.4) is 0 Å². The Kier molecular flexibility index (Phi) is 6.78. The van der Waals surface area contributed by atoms with Crippen molar-refractivity contribution in [3.63, 3.8) is 0 Å². The van der Waals surface area contributed by atoms with Gasteiger partial charge in [0, 0.05) is 55.7 Å². The van der Waals surface area contributed by atoms with E-state index in [9.17, 15) is 14.7 Å². The zero-order valence-corrected chi connectivity index (χ0v) is 19.6. The lowest BCUT2D eigenvalue weighted by molar-refractivity contribution is -0.137. The molecule has 0 spiro atoms. The molecule has 10 heteroatoms. The van der Waals surface area contributed by atoms with E-state index in [0.717, 1.165) is 21.3 Å². The van der Waals surface area contributed by atoms with Gasteiger partial charge in [0.05, 0.1) is 5.01 Å². The van der Waals surface area contributed by atoms with Gasteiger partial charge >= 0.3 is 6.03 Å². The Morgan fingerprint density at radius 2 is 1.94 bits per heavy atom. The molecular formula is C22H26ClN5O3S. The number of aliphatic hydroxyl groups is 1. The quantitative estimate of drug-likeness (QED) is 0.634. The van der Waals surface area contributed by atoms with Crippen LogP contribution in [0.25, 0.3) is 0 Å². The van der Waals surface area contributed by atoms with Crippen molar-refractivity contribution in [2.75, 3.05) is 20.2 Å². The summed E-state index contributed by atoms with van der Waals surface area (Å²) >= 11 is 7.70. The van der Waals surface area contributed by atoms with Crippen LogP contribution >= 0.6 is 22.9 Å². The molecular weight excluding hydrogens is 450 g/mol. The number of benzene rings is 1. The van der Waals surface area contributed by atoms with Crippen LogP contribution in [0.2, 0.25) is 5.02 Å². The molecule has 4 rings (SSSR count). The van der Waals surface area contributed by atoms with E-state index in [2.05, 4.69) is 4.98 Å². The van der Waals surface area contributed by atoms with Crippen LogP contribution in [-0.4, -0.2) is 75.0 Å². The summed E-state index contributed by atoms with van der Waals surface area (Å²) in [5.74, 6) is 0.518. The first kappa shape index (κ1) is 22.7. The van der Waals surface area contributed by atoms with Crippen molar-refractivity contribution in [1.29, 1.82) is 0 Å². The Balaban J connectivity index is 1.62.